The van der Waals surface area contributed by atoms with Crippen molar-refractivity contribution in [3.63, 3.8) is 0 Å². The van der Waals surface area contributed by atoms with Crippen LogP contribution in [0.2, 0.25) is 0 Å². The SMILES string of the molecule is CC1(C)OB(c2ccc([C@@]34C[C@@H]3CN(C3CCOCC3)C4)cc2)OC1(C)C. The van der Waals surface area contributed by atoms with Gasteiger partial charge in [0.05, 0.1) is 11.2 Å². The summed E-state index contributed by atoms with van der Waals surface area (Å²) in [6, 6.07) is 9.83. The highest BCUT2D eigenvalue weighted by Gasteiger charge is 2.61. The summed E-state index contributed by atoms with van der Waals surface area (Å²) in [7, 11) is -0.265. The van der Waals surface area contributed by atoms with Gasteiger partial charge >= 0.3 is 7.12 Å². The minimum atomic E-state index is -0.285. The number of piperidine rings is 1. The summed E-state index contributed by atoms with van der Waals surface area (Å²) in [5.41, 5.74) is 2.46. The molecule has 0 unspecified atom stereocenters. The van der Waals surface area contributed by atoms with E-state index in [0.29, 0.717) is 5.41 Å². The highest BCUT2D eigenvalue weighted by molar-refractivity contribution is 6.62. The standard InChI is InChI=1S/C22H32BNO3/c1-20(2)21(3,4)27-23(26-20)18-7-5-16(6-8-18)22-13-17(22)14-24(15-22)19-9-11-25-12-10-19/h5-8,17,19H,9-15H2,1-4H3/t17-,22+/m1/s1. The van der Waals surface area contributed by atoms with Gasteiger partial charge in [-0.2, -0.15) is 0 Å². The first-order chi connectivity index (χ1) is 12.8. The van der Waals surface area contributed by atoms with Gasteiger partial charge in [0.1, 0.15) is 0 Å². The molecule has 0 amide bonds. The first-order valence-corrected chi connectivity index (χ1v) is 10.6. The molecule has 1 aromatic rings. The zero-order chi connectivity index (χ0) is 18.9. The molecule has 5 rings (SSSR count). The van der Waals surface area contributed by atoms with Crippen LogP contribution in [0, 0.1) is 5.92 Å². The molecule has 27 heavy (non-hydrogen) atoms. The normalized spacial score (nSPS) is 35.4. The quantitative estimate of drug-likeness (QED) is 0.767. The molecule has 1 aromatic carbocycles. The summed E-state index contributed by atoms with van der Waals surface area (Å²) in [6.45, 7) is 12.8. The van der Waals surface area contributed by atoms with Crippen molar-refractivity contribution in [2.75, 3.05) is 26.3 Å². The molecule has 0 N–H and O–H groups in total. The van der Waals surface area contributed by atoms with Gasteiger partial charge in [-0.15, -0.1) is 0 Å². The Morgan fingerprint density at radius 1 is 0.963 bits per heavy atom. The number of likely N-dealkylation sites (tertiary alicyclic amines) is 1. The molecule has 3 heterocycles. The third-order valence-corrected chi connectivity index (χ3v) is 7.89. The molecule has 0 aromatic heterocycles. The second-order valence-electron chi connectivity index (χ2n) is 10.0. The highest BCUT2D eigenvalue weighted by Crippen LogP contribution is 2.59. The van der Waals surface area contributed by atoms with Gasteiger partial charge in [-0.25, -0.2) is 0 Å². The summed E-state index contributed by atoms with van der Waals surface area (Å²) in [4.78, 5) is 2.73. The first-order valence-electron chi connectivity index (χ1n) is 10.6. The molecule has 0 bridgehead atoms. The molecule has 4 aliphatic rings. The van der Waals surface area contributed by atoms with Crippen LogP contribution < -0.4 is 5.46 Å². The fourth-order valence-electron chi connectivity index (χ4n) is 5.25. The van der Waals surface area contributed by atoms with Crippen molar-refractivity contribution >= 4 is 12.6 Å². The van der Waals surface area contributed by atoms with Crippen LogP contribution in [0.4, 0.5) is 0 Å². The van der Waals surface area contributed by atoms with Crippen LogP contribution in [-0.2, 0) is 19.5 Å². The molecule has 1 saturated carbocycles. The van der Waals surface area contributed by atoms with E-state index in [1.807, 2.05) is 0 Å². The molecular formula is C22H32BNO3. The first kappa shape index (κ1) is 18.2. The number of hydrogen-bond donors (Lipinski definition) is 0. The van der Waals surface area contributed by atoms with Crippen LogP contribution in [0.1, 0.15) is 52.5 Å². The van der Waals surface area contributed by atoms with E-state index in [4.69, 9.17) is 14.0 Å². The van der Waals surface area contributed by atoms with Gasteiger partial charge in [0.15, 0.2) is 0 Å². The largest absolute Gasteiger partial charge is 0.494 e. The lowest BCUT2D eigenvalue weighted by molar-refractivity contribution is 0.00578. The van der Waals surface area contributed by atoms with Crippen molar-refractivity contribution in [1.29, 1.82) is 0 Å². The summed E-state index contributed by atoms with van der Waals surface area (Å²) in [5.74, 6) is 0.836. The Hall–Kier alpha value is -0.875. The average molecular weight is 369 g/mol. The summed E-state index contributed by atoms with van der Waals surface area (Å²) in [5, 5.41) is 0. The molecule has 0 radical (unpaired) electrons. The van der Waals surface area contributed by atoms with Crippen molar-refractivity contribution < 1.29 is 14.0 Å². The lowest BCUT2D eigenvalue weighted by atomic mass is 9.78. The van der Waals surface area contributed by atoms with Crippen LogP contribution >= 0.6 is 0 Å². The number of benzene rings is 1. The van der Waals surface area contributed by atoms with Crippen molar-refractivity contribution in [2.24, 2.45) is 5.92 Å². The lowest BCUT2D eigenvalue weighted by Gasteiger charge is -2.33. The van der Waals surface area contributed by atoms with Gasteiger partial charge in [0, 0.05) is 37.8 Å². The van der Waals surface area contributed by atoms with Gasteiger partial charge in [0.25, 0.3) is 0 Å². The molecule has 5 heteroatoms. The van der Waals surface area contributed by atoms with E-state index >= 15 is 0 Å². The Kier molecular flexibility index (Phi) is 4.08. The molecule has 3 saturated heterocycles. The van der Waals surface area contributed by atoms with E-state index in [1.54, 1.807) is 0 Å². The summed E-state index contributed by atoms with van der Waals surface area (Å²) in [6.07, 6.45) is 3.75. The van der Waals surface area contributed by atoms with E-state index in [2.05, 4.69) is 56.9 Å². The fourth-order valence-corrected chi connectivity index (χ4v) is 5.25. The van der Waals surface area contributed by atoms with E-state index in [1.165, 1.54) is 37.9 Å². The molecule has 146 valence electrons. The summed E-state index contributed by atoms with van der Waals surface area (Å²) < 4.78 is 18.0. The van der Waals surface area contributed by atoms with Crippen LogP contribution in [0.15, 0.2) is 24.3 Å². The van der Waals surface area contributed by atoms with Crippen LogP contribution in [0.3, 0.4) is 0 Å². The molecule has 0 spiro atoms. The van der Waals surface area contributed by atoms with Crippen LogP contribution in [0.25, 0.3) is 0 Å². The monoisotopic (exact) mass is 369 g/mol. The minimum absolute atomic E-state index is 0.265. The van der Waals surface area contributed by atoms with Crippen molar-refractivity contribution in [1.82, 2.24) is 4.90 Å². The van der Waals surface area contributed by atoms with Gasteiger partial charge < -0.3 is 14.0 Å². The second-order valence-corrected chi connectivity index (χ2v) is 10.0. The maximum absolute atomic E-state index is 6.21. The van der Waals surface area contributed by atoms with Gasteiger partial charge in [-0.3, -0.25) is 4.90 Å². The summed E-state index contributed by atoms with van der Waals surface area (Å²) >= 11 is 0. The average Bonchev–Trinajstić information content (AvgIpc) is 3.13. The molecule has 4 fully saturated rings. The third-order valence-electron chi connectivity index (χ3n) is 7.89. The maximum Gasteiger partial charge on any atom is 0.494 e. The zero-order valence-electron chi connectivity index (χ0n) is 17.2. The Morgan fingerprint density at radius 2 is 1.59 bits per heavy atom. The lowest BCUT2D eigenvalue weighted by Crippen LogP contribution is -2.41. The molecule has 1 aliphatic carbocycles. The zero-order valence-corrected chi connectivity index (χ0v) is 17.2. The van der Waals surface area contributed by atoms with Gasteiger partial charge in [0.2, 0.25) is 0 Å². The minimum Gasteiger partial charge on any atom is -0.399 e. The number of ether oxygens (including phenoxy) is 1. The number of hydrogen-bond acceptors (Lipinski definition) is 4. The fraction of sp³-hybridized carbons (Fsp3) is 0.727. The van der Waals surface area contributed by atoms with Crippen molar-refractivity contribution in [2.45, 2.75) is 69.6 Å². The Labute approximate surface area is 163 Å². The molecule has 4 nitrogen and oxygen atoms in total. The van der Waals surface area contributed by atoms with E-state index in [0.717, 1.165) is 30.6 Å². The van der Waals surface area contributed by atoms with Crippen molar-refractivity contribution in [3.05, 3.63) is 29.8 Å². The van der Waals surface area contributed by atoms with Crippen molar-refractivity contribution in [3.8, 4) is 0 Å². The number of fused-ring (bicyclic) bond motifs is 1. The van der Waals surface area contributed by atoms with Crippen LogP contribution in [0.5, 0.6) is 0 Å². The second kappa shape index (κ2) is 6.06. The molecule has 3 aliphatic heterocycles. The van der Waals surface area contributed by atoms with Gasteiger partial charge in [-0.1, -0.05) is 24.3 Å². The third kappa shape index (κ3) is 2.90. The van der Waals surface area contributed by atoms with E-state index in [-0.39, 0.29) is 18.3 Å². The Bertz CT molecular complexity index is 697. The Morgan fingerprint density at radius 3 is 2.22 bits per heavy atom. The number of nitrogens with zero attached hydrogens (tertiary/aromatic N) is 1. The van der Waals surface area contributed by atoms with Crippen LogP contribution in [-0.4, -0.2) is 55.6 Å². The molecular weight excluding hydrogens is 337 g/mol. The predicted molar refractivity (Wildman–Crippen MR) is 107 cm³/mol. The predicted octanol–water partition coefficient (Wildman–Crippen LogP) is 2.74. The Balaban J connectivity index is 1.29. The van der Waals surface area contributed by atoms with Gasteiger partial charge in [-0.05, 0) is 63.9 Å². The van der Waals surface area contributed by atoms with E-state index in [9.17, 15) is 0 Å². The molecule has 2 atom stereocenters. The maximum atomic E-state index is 6.21. The van der Waals surface area contributed by atoms with E-state index < -0.39 is 0 Å². The smallest absolute Gasteiger partial charge is 0.399 e. The number of rotatable bonds is 3. The topological polar surface area (TPSA) is 30.9 Å². The highest BCUT2D eigenvalue weighted by atomic mass is 16.7.